The first kappa shape index (κ1) is 16.4. The van der Waals surface area contributed by atoms with Gasteiger partial charge in [0.2, 0.25) is 5.91 Å². The van der Waals surface area contributed by atoms with E-state index in [1.54, 1.807) is 6.07 Å². The van der Waals surface area contributed by atoms with Crippen molar-refractivity contribution in [2.24, 2.45) is 0 Å². The third kappa shape index (κ3) is 4.49. The molecule has 2 aromatic carbocycles. The number of amides is 1. The summed E-state index contributed by atoms with van der Waals surface area (Å²) in [4.78, 5) is 11.8. The molecule has 0 saturated heterocycles. The van der Waals surface area contributed by atoms with Crippen LogP contribution in [-0.2, 0) is 11.0 Å². The van der Waals surface area contributed by atoms with Crippen LogP contribution in [-0.4, -0.2) is 12.5 Å². The molecule has 0 spiro atoms. The Kier molecular flexibility index (Phi) is 5.07. The molecule has 1 amide bonds. The van der Waals surface area contributed by atoms with Gasteiger partial charge in [-0.25, -0.2) is 0 Å². The molecule has 116 valence electrons. The van der Waals surface area contributed by atoms with Crippen LogP contribution in [0.2, 0.25) is 0 Å². The number of anilines is 2. The summed E-state index contributed by atoms with van der Waals surface area (Å²) in [6.07, 6.45) is -4.39. The summed E-state index contributed by atoms with van der Waals surface area (Å²) in [5, 5.41) is 5.46. The van der Waals surface area contributed by atoms with Gasteiger partial charge in [0.15, 0.2) is 0 Å². The van der Waals surface area contributed by atoms with E-state index in [1.165, 1.54) is 12.1 Å². The minimum Gasteiger partial charge on any atom is -0.375 e. The van der Waals surface area contributed by atoms with Crippen LogP contribution in [0.25, 0.3) is 0 Å². The zero-order chi connectivity index (χ0) is 16.2. The zero-order valence-electron chi connectivity index (χ0n) is 11.2. The predicted octanol–water partition coefficient (Wildman–Crippen LogP) is 4.52. The Labute approximate surface area is 133 Å². The van der Waals surface area contributed by atoms with Gasteiger partial charge in [0.1, 0.15) is 0 Å². The Hall–Kier alpha value is -2.02. The monoisotopic (exact) mass is 372 g/mol. The van der Waals surface area contributed by atoms with Gasteiger partial charge in [-0.05, 0) is 52.3 Å². The second-order valence-corrected chi connectivity index (χ2v) is 5.31. The van der Waals surface area contributed by atoms with Crippen LogP contribution in [0.5, 0.6) is 0 Å². The molecule has 3 nitrogen and oxygen atoms in total. The van der Waals surface area contributed by atoms with Crippen LogP contribution in [0.3, 0.4) is 0 Å². The second-order valence-electron chi connectivity index (χ2n) is 4.46. The Morgan fingerprint density at radius 1 is 1.05 bits per heavy atom. The average Bonchev–Trinajstić information content (AvgIpc) is 2.46. The molecular weight excluding hydrogens is 361 g/mol. The molecule has 0 unspecified atom stereocenters. The molecule has 0 saturated carbocycles. The van der Waals surface area contributed by atoms with E-state index in [9.17, 15) is 18.0 Å². The van der Waals surface area contributed by atoms with Crippen molar-refractivity contribution in [2.45, 2.75) is 6.18 Å². The van der Waals surface area contributed by atoms with Crippen LogP contribution in [0.1, 0.15) is 5.56 Å². The van der Waals surface area contributed by atoms with Crippen molar-refractivity contribution < 1.29 is 18.0 Å². The van der Waals surface area contributed by atoms with E-state index in [1.807, 2.05) is 18.2 Å². The predicted molar refractivity (Wildman–Crippen MR) is 82.7 cm³/mol. The van der Waals surface area contributed by atoms with E-state index in [2.05, 4.69) is 26.6 Å². The molecular formula is C15H12BrF3N2O. The molecule has 0 bridgehead atoms. The third-order valence-electron chi connectivity index (χ3n) is 2.81. The van der Waals surface area contributed by atoms with Gasteiger partial charge in [-0.1, -0.05) is 12.1 Å². The number of carbonyl (C=O) groups excluding carboxylic acids is 1. The molecule has 0 fully saturated rings. The minimum atomic E-state index is -4.39. The molecule has 2 rings (SSSR count). The minimum absolute atomic E-state index is 0.00361. The highest BCUT2D eigenvalue weighted by molar-refractivity contribution is 9.10. The van der Waals surface area contributed by atoms with Crippen molar-refractivity contribution in [3.63, 3.8) is 0 Å². The van der Waals surface area contributed by atoms with Gasteiger partial charge in [-0.3, -0.25) is 4.79 Å². The van der Waals surface area contributed by atoms with E-state index >= 15 is 0 Å². The smallest absolute Gasteiger partial charge is 0.375 e. The number of alkyl halides is 3. The Bertz CT molecular complexity index is 657. The van der Waals surface area contributed by atoms with Crippen LogP contribution in [0, 0.1) is 0 Å². The molecule has 0 aliphatic carbocycles. The lowest BCUT2D eigenvalue weighted by Crippen LogP contribution is -2.21. The van der Waals surface area contributed by atoms with Gasteiger partial charge in [0.05, 0.1) is 12.1 Å². The fraction of sp³-hybridized carbons (Fsp3) is 0.133. The van der Waals surface area contributed by atoms with Crippen molar-refractivity contribution >= 4 is 33.2 Å². The van der Waals surface area contributed by atoms with Crippen LogP contribution >= 0.6 is 15.9 Å². The summed E-state index contributed by atoms with van der Waals surface area (Å²) in [6.45, 7) is 0.00361. The van der Waals surface area contributed by atoms with Gasteiger partial charge in [0, 0.05) is 15.8 Å². The van der Waals surface area contributed by atoms with Crippen LogP contribution < -0.4 is 10.6 Å². The van der Waals surface area contributed by atoms with Gasteiger partial charge < -0.3 is 10.6 Å². The highest BCUT2D eigenvalue weighted by Crippen LogP contribution is 2.29. The average molecular weight is 373 g/mol. The highest BCUT2D eigenvalue weighted by atomic mass is 79.9. The number of rotatable bonds is 4. The standard InChI is InChI=1S/C15H12BrF3N2O/c16-12-3-1-2-4-13(12)20-9-14(22)21-11-7-5-10(6-8-11)15(17,18)19/h1-8,20H,9H2,(H,21,22). The number of nitrogens with one attached hydrogen (secondary N) is 2. The fourth-order valence-electron chi connectivity index (χ4n) is 1.73. The van der Waals surface area contributed by atoms with Gasteiger partial charge in [-0.2, -0.15) is 13.2 Å². The maximum absolute atomic E-state index is 12.4. The first-order valence-corrected chi connectivity index (χ1v) is 7.11. The summed E-state index contributed by atoms with van der Waals surface area (Å²) in [6, 6.07) is 11.6. The Balaban J connectivity index is 1.91. The Morgan fingerprint density at radius 3 is 2.27 bits per heavy atom. The lowest BCUT2D eigenvalue weighted by Gasteiger charge is -2.10. The number of hydrogen-bond donors (Lipinski definition) is 2. The van der Waals surface area contributed by atoms with Crippen molar-refractivity contribution in [3.8, 4) is 0 Å². The molecule has 0 heterocycles. The summed E-state index contributed by atoms with van der Waals surface area (Å²) in [7, 11) is 0. The second kappa shape index (κ2) is 6.83. The van der Waals surface area contributed by atoms with Crippen molar-refractivity contribution in [1.82, 2.24) is 0 Å². The number of hydrogen-bond acceptors (Lipinski definition) is 2. The molecule has 7 heteroatoms. The number of para-hydroxylation sites is 1. The van der Waals surface area contributed by atoms with Crippen molar-refractivity contribution in [1.29, 1.82) is 0 Å². The largest absolute Gasteiger partial charge is 0.416 e. The Morgan fingerprint density at radius 2 is 1.68 bits per heavy atom. The number of benzene rings is 2. The molecule has 22 heavy (non-hydrogen) atoms. The summed E-state index contributed by atoms with van der Waals surface area (Å²) >= 11 is 3.34. The first-order valence-electron chi connectivity index (χ1n) is 6.32. The summed E-state index contributed by atoms with van der Waals surface area (Å²) < 4.78 is 38.1. The zero-order valence-corrected chi connectivity index (χ0v) is 12.8. The van der Waals surface area contributed by atoms with Gasteiger partial charge >= 0.3 is 6.18 Å². The summed E-state index contributed by atoms with van der Waals surface area (Å²) in [5.41, 5.74) is 0.314. The quantitative estimate of drug-likeness (QED) is 0.828. The molecule has 0 aromatic heterocycles. The molecule has 2 N–H and O–H groups in total. The maximum Gasteiger partial charge on any atom is 0.416 e. The van der Waals surface area contributed by atoms with Crippen LogP contribution in [0.4, 0.5) is 24.5 Å². The first-order chi connectivity index (χ1) is 10.4. The van der Waals surface area contributed by atoms with Gasteiger partial charge in [0.25, 0.3) is 0 Å². The normalized spacial score (nSPS) is 11.1. The van der Waals surface area contributed by atoms with Crippen molar-refractivity contribution in [2.75, 3.05) is 17.2 Å². The molecule has 0 atom stereocenters. The highest BCUT2D eigenvalue weighted by Gasteiger charge is 2.29. The molecule has 0 aliphatic rings. The van der Waals surface area contributed by atoms with E-state index in [0.717, 1.165) is 22.3 Å². The van der Waals surface area contributed by atoms with E-state index in [-0.39, 0.29) is 12.5 Å². The van der Waals surface area contributed by atoms with E-state index < -0.39 is 11.7 Å². The van der Waals surface area contributed by atoms with Gasteiger partial charge in [-0.15, -0.1) is 0 Å². The molecule has 0 aliphatic heterocycles. The lowest BCUT2D eigenvalue weighted by molar-refractivity contribution is -0.137. The molecule has 2 aromatic rings. The lowest BCUT2D eigenvalue weighted by atomic mass is 10.2. The SMILES string of the molecule is O=C(CNc1ccccc1Br)Nc1ccc(C(F)(F)F)cc1. The molecule has 0 radical (unpaired) electrons. The topological polar surface area (TPSA) is 41.1 Å². The van der Waals surface area contributed by atoms with Crippen LogP contribution in [0.15, 0.2) is 53.0 Å². The van der Waals surface area contributed by atoms with Crippen molar-refractivity contribution in [3.05, 3.63) is 58.6 Å². The van der Waals surface area contributed by atoms with E-state index in [4.69, 9.17) is 0 Å². The van der Waals surface area contributed by atoms with E-state index in [0.29, 0.717) is 5.69 Å². The maximum atomic E-state index is 12.4. The third-order valence-corrected chi connectivity index (χ3v) is 3.50. The fourth-order valence-corrected chi connectivity index (χ4v) is 2.15. The number of halogens is 4. The number of carbonyl (C=O) groups is 1. The summed E-state index contributed by atoms with van der Waals surface area (Å²) in [5.74, 6) is -0.351.